The number of hydrogen-bond acceptors (Lipinski definition) is 5. The minimum Gasteiger partial charge on any atom is -0.477 e. The van der Waals surface area contributed by atoms with E-state index < -0.39 is 6.17 Å². The molecular weight excluding hydrogens is 479 g/mol. The summed E-state index contributed by atoms with van der Waals surface area (Å²) in [6, 6.07) is 18.8. The number of nitrogens with one attached hydrogen (secondary N) is 2. The summed E-state index contributed by atoms with van der Waals surface area (Å²) in [5, 5.41) is 12.9. The van der Waals surface area contributed by atoms with Crippen LogP contribution in [-0.2, 0) is 11.2 Å². The van der Waals surface area contributed by atoms with Gasteiger partial charge in [-0.3, -0.25) is 10.2 Å². The van der Waals surface area contributed by atoms with Crippen LogP contribution in [0, 0.1) is 5.41 Å². The molecule has 0 saturated heterocycles. The van der Waals surface area contributed by atoms with Gasteiger partial charge in [-0.15, -0.1) is 0 Å². The zero-order chi connectivity index (χ0) is 26.6. The van der Waals surface area contributed by atoms with E-state index in [9.17, 15) is 9.18 Å². The van der Waals surface area contributed by atoms with Gasteiger partial charge in [0.2, 0.25) is 5.90 Å². The number of carbonyl (C=O) groups excluding carboxylic acids is 1. The van der Waals surface area contributed by atoms with E-state index in [1.807, 2.05) is 68.5 Å². The van der Waals surface area contributed by atoms with Crippen molar-refractivity contribution in [2.75, 3.05) is 13.2 Å². The van der Waals surface area contributed by atoms with E-state index in [4.69, 9.17) is 20.1 Å². The number of pyridine rings is 2. The van der Waals surface area contributed by atoms with Gasteiger partial charge in [0, 0.05) is 24.1 Å². The number of fused-ring (bicyclic) bond motifs is 2. The normalized spacial score (nSPS) is 14.2. The lowest BCUT2D eigenvalue weighted by molar-refractivity contribution is 0.0949. The van der Waals surface area contributed by atoms with Crippen LogP contribution in [0.25, 0.3) is 39.4 Å². The number of nitrogens with zero attached hydrogens (tertiary/aromatic N) is 2. The summed E-state index contributed by atoms with van der Waals surface area (Å²) >= 11 is 0. The number of alkyl halides is 1. The number of aromatic nitrogens is 2. The first-order chi connectivity index (χ1) is 18.5. The van der Waals surface area contributed by atoms with Crippen molar-refractivity contribution in [1.29, 1.82) is 5.41 Å². The molecule has 7 heteroatoms. The lowest BCUT2D eigenvalue weighted by Crippen LogP contribution is -2.25. The molecule has 0 saturated carbocycles. The van der Waals surface area contributed by atoms with E-state index >= 15 is 0 Å². The van der Waals surface area contributed by atoms with Crippen LogP contribution in [0.3, 0.4) is 0 Å². The van der Waals surface area contributed by atoms with Crippen molar-refractivity contribution in [3.63, 3.8) is 0 Å². The van der Waals surface area contributed by atoms with E-state index in [1.54, 1.807) is 18.2 Å². The molecule has 1 atom stereocenters. The smallest absolute Gasteiger partial charge is 0.269 e. The average Bonchev–Trinajstić information content (AvgIpc) is 2.94. The number of hydrogen-bond donors (Lipinski definition) is 2. The topological polar surface area (TPSA) is 88.0 Å². The summed E-state index contributed by atoms with van der Waals surface area (Å²) < 4.78 is 20.2. The van der Waals surface area contributed by atoms with Gasteiger partial charge in [0.25, 0.3) is 5.91 Å². The largest absolute Gasteiger partial charge is 0.477 e. The lowest BCUT2D eigenvalue weighted by atomic mass is 9.81. The Labute approximate surface area is 221 Å². The van der Waals surface area contributed by atoms with Gasteiger partial charge in [-0.2, -0.15) is 0 Å². The third-order valence-corrected chi connectivity index (χ3v) is 6.53. The van der Waals surface area contributed by atoms with Crippen LogP contribution in [0.15, 0.2) is 66.7 Å². The molecule has 192 valence electrons. The predicted octanol–water partition coefficient (Wildman–Crippen LogP) is 6.37. The summed E-state index contributed by atoms with van der Waals surface area (Å²) in [5.41, 5.74) is 5.41. The van der Waals surface area contributed by atoms with Crippen LogP contribution < -0.4 is 5.32 Å². The molecule has 1 amide bonds. The Morgan fingerprint density at radius 2 is 1.63 bits per heavy atom. The molecule has 0 bridgehead atoms. The molecule has 6 nitrogen and oxygen atoms in total. The highest BCUT2D eigenvalue weighted by molar-refractivity contribution is 6.09. The minimum atomic E-state index is -1.14. The number of ether oxygens (including phenoxy) is 1. The van der Waals surface area contributed by atoms with Crippen LogP contribution in [0.5, 0.6) is 0 Å². The average molecular weight is 509 g/mol. The number of rotatable bonds is 7. The van der Waals surface area contributed by atoms with Crippen molar-refractivity contribution in [3.8, 4) is 22.5 Å². The minimum absolute atomic E-state index is 0.00544. The molecule has 38 heavy (non-hydrogen) atoms. The van der Waals surface area contributed by atoms with Gasteiger partial charge in [-0.05, 0) is 65.6 Å². The number of halogens is 1. The van der Waals surface area contributed by atoms with Crippen molar-refractivity contribution < 1.29 is 13.9 Å². The zero-order valence-electron chi connectivity index (χ0n) is 21.4. The molecule has 4 aromatic rings. The maximum Gasteiger partial charge on any atom is 0.269 e. The van der Waals surface area contributed by atoms with Crippen LogP contribution in [0.2, 0.25) is 0 Å². The monoisotopic (exact) mass is 508 g/mol. The molecule has 0 aliphatic heterocycles. The molecule has 0 spiro atoms. The second-order valence-electron chi connectivity index (χ2n) is 9.10. The van der Waals surface area contributed by atoms with Gasteiger partial charge in [-0.25, -0.2) is 14.4 Å². The third-order valence-electron chi connectivity index (χ3n) is 6.53. The van der Waals surface area contributed by atoms with Gasteiger partial charge in [0.1, 0.15) is 17.6 Å². The van der Waals surface area contributed by atoms with E-state index in [0.29, 0.717) is 35.9 Å². The zero-order valence-corrected chi connectivity index (χ0v) is 21.4. The molecule has 1 aliphatic carbocycles. The molecule has 2 heterocycles. The third kappa shape index (κ3) is 4.79. The van der Waals surface area contributed by atoms with Crippen LogP contribution in [0.4, 0.5) is 4.39 Å². The van der Waals surface area contributed by atoms with Gasteiger partial charge >= 0.3 is 0 Å². The Hall–Kier alpha value is -4.39. The highest BCUT2D eigenvalue weighted by Gasteiger charge is 2.26. The Kier molecular flexibility index (Phi) is 7.26. The molecule has 2 N–H and O–H groups in total. The fourth-order valence-electron chi connectivity index (χ4n) is 4.89. The fourth-order valence-corrected chi connectivity index (χ4v) is 4.89. The lowest BCUT2D eigenvalue weighted by Gasteiger charge is -2.24. The van der Waals surface area contributed by atoms with E-state index in [2.05, 4.69) is 5.32 Å². The second kappa shape index (κ2) is 10.9. The first kappa shape index (κ1) is 25.3. The molecule has 1 unspecified atom stereocenters. The molecule has 5 rings (SSSR count). The first-order valence-corrected chi connectivity index (χ1v) is 12.9. The van der Waals surface area contributed by atoms with Crippen LogP contribution in [-0.4, -0.2) is 41.1 Å². The molecule has 0 fully saturated rings. The quantitative estimate of drug-likeness (QED) is 0.224. The number of benzene rings is 2. The van der Waals surface area contributed by atoms with E-state index in [-0.39, 0.29) is 18.2 Å². The van der Waals surface area contributed by atoms with Gasteiger partial charge in [0.05, 0.1) is 18.0 Å². The highest BCUT2D eigenvalue weighted by atomic mass is 19.1. The summed E-state index contributed by atoms with van der Waals surface area (Å²) in [6.07, 6.45) is 3.25. The van der Waals surface area contributed by atoms with E-state index in [1.165, 1.54) is 0 Å². The van der Waals surface area contributed by atoms with Gasteiger partial charge < -0.3 is 10.1 Å². The summed E-state index contributed by atoms with van der Waals surface area (Å²) in [7, 11) is 0. The predicted molar refractivity (Wildman–Crippen MR) is 149 cm³/mol. The SMILES string of the molecule is CCCNC(=O)c1cccc(-c2c3c(c(-c4cccc(C(=N)OCC)n4)c4ccccc24)C=CC(F)C3)n1. The van der Waals surface area contributed by atoms with Crippen molar-refractivity contribution >= 4 is 28.7 Å². The Balaban J connectivity index is 1.76. The molecular formula is C31H29FN4O2. The number of amides is 1. The van der Waals surface area contributed by atoms with Crippen molar-refractivity contribution in [1.82, 2.24) is 15.3 Å². The summed E-state index contributed by atoms with van der Waals surface area (Å²) in [5.74, 6) is -0.226. The Morgan fingerprint density at radius 3 is 2.34 bits per heavy atom. The van der Waals surface area contributed by atoms with E-state index in [0.717, 1.165) is 39.4 Å². The van der Waals surface area contributed by atoms with Crippen LogP contribution >= 0.6 is 0 Å². The molecule has 0 radical (unpaired) electrons. The first-order valence-electron chi connectivity index (χ1n) is 12.9. The molecule has 1 aliphatic rings. The second-order valence-corrected chi connectivity index (χ2v) is 9.10. The number of allylic oxidation sites excluding steroid dienone is 1. The summed E-state index contributed by atoms with van der Waals surface area (Å²) in [4.78, 5) is 22.2. The highest BCUT2D eigenvalue weighted by Crippen LogP contribution is 2.44. The van der Waals surface area contributed by atoms with Gasteiger partial charge in [0.15, 0.2) is 0 Å². The Morgan fingerprint density at radius 1 is 0.974 bits per heavy atom. The summed E-state index contributed by atoms with van der Waals surface area (Å²) in [6.45, 7) is 4.77. The van der Waals surface area contributed by atoms with Crippen molar-refractivity contribution in [2.45, 2.75) is 32.9 Å². The Bertz CT molecular complexity index is 1560. The standard InChI is InChI=1S/C31H29FN4O2/c1-3-17-34-31(37)27-14-8-12-25(36-27)29-21-10-6-5-9-20(21)28(22-16-15-19(32)18-23(22)29)24-11-7-13-26(35-24)30(33)38-4-2/h5-16,19,33H,3-4,17-18H2,1-2H3,(H,34,37). The number of carbonyl (C=O) groups is 1. The van der Waals surface area contributed by atoms with Crippen molar-refractivity contribution in [3.05, 3.63) is 89.3 Å². The van der Waals surface area contributed by atoms with Crippen molar-refractivity contribution in [2.24, 2.45) is 0 Å². The fraction of sp³-hybridized carbons (Fsp3) is 0.226. The van der Waals surface area contributed by atoms with Gasteiger partial charge in [-0.1, -0.05) is 49.4 Å². The maximum atomic E-state index is 14.9. The van der Waals surface area contributed by atoms with Crippen LogP contribution in [0.1, 0.15) is 47.6 Å². The maximum absolute atomic E-state index is 14.9. The molecule has 2 aromatic heterocycles. The molecule has 2 aromatic carbocycles.